The van der Waals surface area contributed by atoms with E-state index in [2.05, 4.69) is 21.2 Å². The Morgan fingerprint density at radius 3 is 2.68 bits per heavy atom. The van der Waals surface area contributed by atoms with Crippen molar-refractivity contribution in [3.8, 4) is 5.75 Å². The lowest BCUT2D eigenvalue weighted by atomic mass is 10.2. The van der Waals surface area contributed by atoms with Crippen LogP contribution in [-0.4, -0.2) is 12.9 Å². The second-order valence-electron chi connectivity index (χ2n) is 4.51. The standard InChI is InChI=1S/C15H16BrF2NO2S/c1-20-14-5-2-10(6-13(14)16)7-19-8-11-3-4-12(21-11)9-22-15(17)18/h2-6,15,19H,7-9H2,1H3. The van der Waals surface area contributed by atoms with E-state index in [-0.39, 0.29) is 5.75 Å². The van der Waals surface area contributed by atoms with Gasteiger partial charge in [0.25, 0.3) is 5.76 Å². The topological polar surface area (TPSA) is 34.4 Å². The molecule has 0 bridgehead atoms. The Kier molecular flexibility index (Phi) is 6.72. The fourth-order valence-corrected chi connectivity index (χ4v) is 2.92. The molecule has 0 radical (unpaired) electrons. The molecule has 2 aromatic rings. The number of halogens is 3. The van der Waals surface area contributed by atoms with Crippen LogP contribution in [0.1, 0.15) is 17.1 Å². The monoisotopic (exact) mass is 391 g/mol. The van der Waals surface area contributed by atoms with Gasteiger partial charge in [-0.15, -0.1) is 0 Å². The van der Waals surface area contributed by atoms with Gasteiger partial charge in [-0.2, -0.15) is 8.78 Å². The van der Waals surface area contributed by atoms with E-state index in [1.54, 1.807) is 19.2 Å². The van der Waals surface area contributed by atoms with E-state index in [1.165, 1.54) is 0 Å². The van der Waals surface area contributed by atoms with Gasteiger partial charge in [-0.25, -0.2) is 0 Å². The molecular formula is C15H16BrF2NO2S. The number of hydrogen-bond acceptors (Lipinski definition) is 4. The van der Waals surface area contributed by atoms with E-state index in [0.29, 0.717) is 30.6 Å². The SMILES string of the molecule is COc1ccc(CNCc2ccc(CSC(F)F)o2)cc1Br. The van der Waals surface area contributed by atoms with E-state index >= 15 is 0 Å². The Morgan fingerprint density at radius 1 is 1.23 bits per heavy atom. The van der Waals surface area contributed by atoms with Crippen LogP contribution in [0.4, 0.5) is 8.78 Å². The lowest BCUT2D eigenvalue weighted by molar-refractivity contribution is 0.251. The first-order valence-electron chi connectivity index (χ1n) is 6.59. The number of nitrogens with one attached hydrogen (secondary N) is 1. The Hall–Kier alpha value is -1.05. The smallest absolute Gasteiger partial charge is 0.284 e. The first kappa shape index (κ1) is 17.3. The predicted octanol–water partition coefficient (Wildman–Crippen LogP) is 4.80. The molecule has 0 spiro atoms. The highest BCUT2D eigenvalue weighted by atomic mass is 79.9. The van der Waals surface area contributed by atoms with Gasteiger partial charge in [-0.05, 0) is 45.8 Å². The summed E-state index contributed by atoms with van der Waals surface area (Å²) in [6.45, 7) is 1.22. The molecule has 0 aliphatic heterocycles. The van der Waals surface area contributed by atoms with Crippen molar-refractivity contribution in [2.24, 2.45) is 0 Å². The number of methoxy groups -OCH3 is 1. The Morgan fingerprint density at radius 2 is 2.00 bits per heavy atom. The molecule has 7 heteroatoms. The number of thioether (sulfide) groups is 1. The third-order valence-corrected chi connectivity index (χ3v) is 4.24. The van der Waals surface area contributed by atoms with E-state index in [0.717, 1.165) is 21.5 Å². The highest BCUT2D eigenvalue weighted by Crippen LogP contribution is 2.25. The number of furan rings is 1. The van der Waals surface area contributed by atoms with Crippen LogP contribution in [0.2, 0.25) is 0 Å². The zero-order valence-corrected chi connectivity index (χ0v) is 14.3. The summed E-state index contributed by atoms with van der Waals surface area (Å²) in [6, 6.07) is 9.39. The summed E-state index contributed by atoms with van der Waals surface area (Å²) in [7, 11) is 1.62. The molecule has 0 aliphatic carbocycles. The molecule has 1 aromatic carbocycles. The molecule has 3 nitrogen and oxygen atoms in total. The van der Waals surface area contributed by atoms with Crippen molar-refractivity contribution in [2.75, 3.05) is 7.11 Å². The van der Waals surface area contributed by atoms with Crippen LogP contribution < -0.4 is 10.1 Å². The van der Waals surface area contributed by atoms with Crippen molar-refractivity contribution in [2.45, 2.75) is 24.6 Å². The molecule has 0 saturated carbocycles. The van der Waals surface area contributed by atoms with Gasteiger partial charge >= 0.3 is 0 Å². The second kappa shape index (κ2) is 8.55. The lowest BCUT2D eigenvalue weighted by Crippen LogP contribution is -2.12. The number of alkyl halides is 2. The van der Waals surface area contributed by atoms with Crippen LogP contribution in [0.15, 0.2) is 39.2 Å². The highest BCUT2D eigenvalue weighted by Gasteiger charge is 2.07. The van der Waals surface area contributed by atoms with Gasteiger partial charge in [-0.1, -0.05) is 17.8 Å². The summed E-state index contributed by atoms with van der Waals surface area (Å²) in [5.74, 6) is -0.105. The van der Waals surface area contributed by atoms with Gasteiger partial charge in [0.15, 0.2) is 0 Å². The van der Waals surface area contributed by atoms with Crippen LogP contribution in [-0.2, 0) is 18.8 Å². The van der Waals surface area contributed by atoms with Crippen molar-refractivity contribution in [3.05, 3.63) is 51.9 Å². The molecule has 0 aliphatic rings. The Balaban J connectivity index is 1.80. The molecule has 1 N–H and O–H groups in total. The van der Waals surface area contributed by atoms with Crippen molar-refractivity contribution in [1.29, 1.82) is 0 Å². The number of hydrogen-bond donors (Lipinski definition) is 1. The molecule has 0 amide bonds. The molecule has 1 heterocycles. The van der Waals surface area contributed by atoms with Crippen LogP contribution in [0.5, 0.6) is 5.75 Å². The van der Waals surface area contributed by atoms with Crippen LogP contribution in [0.3, 0.4) is 0 Å². The Bertz CT molecular complexity index is 607. The van der Waals surface area contributed by atoms with Gasteiger partial charge in [0.1, 0.15) is 17.3 Å². The third-order valence-electron chi connectivity index (χ3n) is 2.91. The maximum absolute atomic E-state index is 12.1. The summed E-state index contributed by atoms with van der Waals surface area (Å²) >= 11 is 4.00. The Labute approximate surface area is 140 Å². The number of ether oxygens (including phenoxy) is 1. The first-order valence-corrected chi connectivity index (χ1v) is 8.43. The lowest BCUT2D eigenvalue weighted by Gasteiger charge is -2.07. The molecule has 22 heavy (non-hydrogen) atoms. The molecule has 120 valence electrons. The minimum absolute atomic E-state index is 0.184. The summed E-state index contributed by atoms with van der Waals surface area (Å²) in [6.07, 6.45) is 0. The van der Waals surface area contributed by atoms with Gasteiger partial charge in [0, 0.05) is 6.54 Å². The largest absolute Gasteiger partial charge is 0.496 e. The minimum atomic E-state index is -2.37. The maximum atomic E-state index is 12.1. The fraction of sp³-hybridized carbons (Fsp3) is 0.333. The van der Waals surface area contributed by atoms with E-state index in [9.17, 15) is 8.78 Å². The van der Waals surface area contributed by atoms with Crippen molar-refractivity contribution in [1.82, 2.24) is 5.32 Å². The fourth-order valence-electron chi connectivity index (χ4n) is 1.89. The molecule has 0 saturated heterocycles. The normalized spacial score (nSPS) is 11.1. The van der Waals surface area contributed by atoms with Crippen molar-refractivity contribution >= 4 is 27.7 Å². The van der Waals surface area contributed by atoms with Gasteiger partial charge in [0.05, 0.1) is 23.9 Å². The number of rotatable bonds is 8. The molecular weight excluding hydrogens is 376 g/mol. The summed E-state index contributed by atoms with van der Waals surface area (Å²) in [5.41, 5.74) is 1.10. The van der Waals surface area contributed by atoms with Crippen LogP contribution in [0.25, 0.3) is 0 Å². The summed E-state index contributed by atoms with van der Waals surface area (Å²) in [4.78, 5) is 0. The average Bonchev–Trinajstić information content (AvgIpc) is 2.93. The van der Waals surface area contributed by atoms with Crippen molar-refractivity contribution < 1.29 is 17.9 Å². The van der Waals surface area contributed by atoms with Crippen LogP contribution in [0, 0.1) is 0 Å². The molecule has 2 rings (SSSR count). The zero-order valence-electron chi connectivity index (χ0n) is 11.9. The van der Waals surface area contributed by atoms with E-state index in [1.807, 2.05) is 18.2 Å². The molecule has 1 aromatic heterocycles. The minimum Gasteiger partial charge on any atom is -0.496 e. The highest BCUT2D eigenvalue weighted by molar-refractivity contribution is 9.10. The summed E-state index contributed by atoms with van der Waals surface area (Å²) in [5, 5.41) is 3.25. The van der Waals surface area contributed by atoms with E-state index < -0.39 is 5.76 Å². The van der Waals surface area contributed by atoms with Crippen molar-refractivity contribution in [3.63, 3.8) is 0 Å². The third kappa shape index (κ3) is 5.30. The number of benzene rings is 1. The second-order valence-corrected chi connectivity index (χ2v) is 6.34. The zero-order chi connectivity index (χ0) is 15.9. The molecule has 0 unspecified atom stereocenters. The molecule has 0 atom stereocenters. The maximum Gasteiger partial charge on any atom is 0.284 e. The van der Waals surface area contributed by atoms with Gasteiger partial charge in [0.2, 0.25) is 0 Å². The molecule has 0 fully saturated rings. The van der Waals surface area contributed by atoms with E-state index in [4.69, 9.17) is 9.15 Å². The first-order chi connectivity index (χ1) is 10.6. The summed E-state index contributed by atoms with van der Waals surface area (Å²) < 4.78 is 35.8. The quantitative estimate of drug-likeness (QED) is 0.700. The van der Waals surface area contributed by atoms with Crippen LogP contribution >= 0.6 is 27.7 Å². The van der Waals surface area contributed by atoms with Gasteiger partial charge < -0.3 is 14.5 Å². The predicted molar refractivity (Wildman–Crippen MR) is 87.2 cm³/mol. The van der Waals surface area contributed by atoms with Gasteiger partial charge in [-0.3, -0.25) is 0 Å². The average molecular weight is 392 g/mol.